The van der Waals surface area contributed by atoms with Crippen molar-refractivity contribution in [3.05, 3.63) is 0 Å². The van der Waals surface area contributed by atoms with E-state index in [0.29, 0.717) is 0 Å². The predicted octanol–water partition coefficient (Wildman–Crippen LogP) is 0.318. The monoisotopic (exact) mass is 252 g/mol. The van der Waals surface area contributed by atoms with Gasteiger partial charge in [-0.1, -0.05) is 0 Å². The van der Waals surface area contributed by atoms with Crippen LogP contribution in [-0.2, 0) is 52.9 Å². The van der Waals surface area contributed by atoms with Gasteiger partial charge in [-0.15, -0.1) is 0 Å². The Morgan fingerprint density at radius 3 is 1.25 bits per heavy atom. The Balaban J connectivity index is -0.00000000500. The molecule has 1 unspecified atom stereocenters. The van der Waals surface area contributed by atoms with Gasteiger partial charge in [-0.2, -0.15) is 0 Å². The average molecular weight is 251 g/mol. The SMILES string of the molecule is [Cu].[Ni].[PH2][Mo]. The second kappa shape index (κ2) is 19.3. The molecule has 0 saturated carbocycles. The second-order valence-corrected chi connectivity index (χ2v) is 0. The number of hydrogen-bond donors (Lipinski definition) is 0. The summed E-state index contributed by atoms with van der Waals surface area (Å²) in [6.45, 7) is 0. The molecule has 4 heavy (non-hydrogen) atoms. The van der Waals surface area contributed by atoms with Crippen molar-refractivity contribution < 1.29 is 52.9 Å². The van der Waals surface area contributed by atoms with Crippen molar-refractivity contribution in [3.63, 3.8) is 0 Å². The fourth-order valence-electron chi connectivity index (χ4n) is 0. The molecule has 0 rings (SSSR count). The molecule has 0 aromatic carbocycles. The summed E-state index contributed by atoms with van der Waals surface area (Å²) < 4.78 is 0. The molecule has 4 heteroatoms. The van der Waals surface area contributed by atoms with E-state index in [1.165, 1.54) is 0 Å². The Labute approximate surface area is 59.8 Å². The summed E-state index contributed by atoms with van der Waals surface area (Å²) in [6.07, 6.45) is 0. The van der Waals surface area contributed by atoms with Gasteiger partial charge in [0.2, 0.25) is 0 Å². The van der Waals surface area contributed by atoms with Crippen molar-refractivity contribution in [2.75, 3.05) is 0 Å². The molecule has 0 aromatic heterocycles. The zero-order chi connectivity index (χ0) is 2.00. The van der Waals surface area contributed by atoms with Crippen LogP contribution in [0.4, 0.5) is 0 Å². The fraction of sp³-hybridized carbons (Fsp3) is 0. The van der Waals surface area contributed by atoms with Crippen LogP contribution in [0.15, 0.2) is 0 Å². The fourth-order valence-corrected chi connectivity index (χ4v) is 0. The molecule has 0 aliphatic rings. The summed E-state index contributed by atoms with van der Waals surface area (Å²) in [7, 11) is 2.43. The van der Waals surface area contributed by atoms with Gasteiger partial charge in [0.1, 0.15) is 0 Å². The molecule has 0 saturated heterocycles. The van der Waals surface area contributed by atoms with E-state index in [1.807, 2.05) is 19.3 Å². The molecule has 1 radical (unpaired) electrons. The minimum absolute atomic E-state index is 0. The Kier molecular flexibility index (Phi) is 79.4. The van der Waals surface area contributed by atoms with Crippen LogP contribution in [0.1, 0.15) is 0 Å². The van der Waals surface area contributed by atoms with Crippen molar-refractivity contribution in [2.24, 2.45) is 0 Å². The third kappa shape index (κ3) is 8.92. The van der Waals surface area contributed by atoms with Gasteiger partial charge in [-0.3, -0.25) is 0 Å². The second-order valence-electron chi connectivity index (χ2n) is 0. The summed E-state index contributed by atoms with van der Waals surface area (Å²) in [5.74, 6) is 0. The summed E-state index contributed by atoms with van der Waals surface area (Å²) in [4.78, 5) is 0. The first-order valence-electron chi connectivity index (χ1n) is 0.236. The van der Waals surface area contributed by atoms with Crippen LogP contribution in [0.3, 0.4) is 0 Å². The molecule has 0 aliphatic carbocycles. The predicted molar refractivity (Wildman–Crippen MR) is 9.71 cm³/mol. The van der Waals surface area contributed by atoms with Crippen LogP contribution >= 0.6 is 7.33 Å². The third-order valence-corrected chi connectivity index (χ3v) is 0. The van der Waals surface area contributed by atoms with Gasteiger partial charge in [0.25, 0.3) is 0 Å². The summed E-state index contributed by atoms with van der Waals surface area (Å²) in [5, 5.41) is 0. The van der Waals surface area contributed by atoms with Crippen LogP contribution in [-0.4, -0.2) is 0 Å². The summed E-state index contributed by atoms with van der Waals surface area (Å²) in [6, 6.07) is 0. The van der Waals surface area contributed by atoms with E-state index >= 15 is 0 Å². The first-order valence-corrected chi connectivity index (χ1v) is 4.18. The van der Waals surface area contributed by atoms with E-state index in [0.717, 1.165) is 0 Å². The van der Waals surface area contributed by atoms with Crippen LogP contribution in [0.2, 0.25) is 0 Å². The molecule has 34 valence electrons. The number of hydrogen-bond acceptors (Lipinski definition) is 0. The number of rotatable bonds is 0. The Morgan fingerprint density at radius 2 is 1.25 bits per heavy atom. The molecule has 0 amide bonds. The van der Waals surface area contributed by atoms with E-state index in [9.17, 15) is 0 Å². The van der Waals surface area contributed by atoms with Crippen molar-refractivity contribution >= 4 is 7.33 Å². The zero-order valence-corrected chi connectivity index (χ0v) is 6.69. The Morgan fingerprint density at radius 1 is 1.25 bits per heavy atom. The average Bonchev–Trinajstić information content (AvgIpc) is 1.00. The zero-order valence-electron chi connectivity index (χ0n) is 1.60. The molecule has 1 atom stereocenters. The van der Waals surface area contributed by atoms with Gasteiger partial charge >= 0.3 is 26.6 Å². The van der Waals surface area contributed by atoms with E-state index in [1.54, 1.807) is 0 Å². The minimum atomic E-state index is 0. The quantitative estimate of drug-likeness (QED) is 0.429. The molecular formula is H2CuMoNiP. The van der Waals surface area contributed by atoms with Gasteiger partial charge in [-0.05, 0) is 0 Å². The van der Waals surface area contributed by atoms with Crippen molar-refractivity contribution in [1.29, 1.82) is 0 Å². The molecule has 0 spiro atoms. The molecular weight excluding hydrogens is 249 g/mol. The van der Waals surface area contributed by atoms with E-state index < -0.39 is 0 Å². The van der Waals surface area contributed by atoms with Gasteiger partial charge in [0.15, 0.2) is 0 Å². The first-order chi connectivity index (χ1) is 1.00. The maximum atomic E-state index is 2.43. The van der Waals surface area contributed by atoms with Crippen LogP contribution in [0.25, 0.3) is 0 Å². The molecule has 0 aliphatic heterocycles. The molecule has 0 bridgehead atoms. The van der Waals surface area contributed by atoms with E-state index in [4.69, 9.17) is 0 Å². The maximum absolute atomic E-state index is 2.43. The normalized spacial score (nSPS) is 1.25. The topological polar surface area (TPSA) is 0 Å². The molecule has 0 aromatic rings. The van der Waals surface area contributed by atoms with Crippen LogP contribution in [0, 0.1) is 0 Å². The molecule has 0 fully saturated rings. The molecule has 0 nitrogen and oxygen atoms in total. The van der Waals surface area contributed by atoms with Crippen molar-refractivity contribution in [3.8, 4) is 0 Å². The van der Waals surface area contributed by atoms with Gasteiger partial charge in [-0.25, -0.2) is 0 Å². The van der Waals surface area contributed by atoms with Gasteiger partial charge < -0.3 is 0 Å². The molecule has 0 heterocycles. The van der Waals surface area contributed by atoms with Gasteiger partial charge in [0.05, 0.1) is 0 Å². The molecule has 0 N–H and O–H groups in total. The van der Waals surface area contributed by atoms with Crippen molar-refractivity contribution in [1.82, 2.24) is 0 Å². The van der Waals surface area contributed by atoms with Crippen LogP contribution in [0.5, 0.6) is 0 Å². The van der Waals surface area contributed by atoms with E-state index in [-0.39, 0.29) is 33.6 Å². The Bertz CT molecular complexity index is 8.00. The van der Waals surface area contributed by atoms with Crippen LogP contribution < -0.4 is 0 Å². The standard InChI is InChI=1S/Cu.Mo.Ni.H2P/h;;;1H2/q;+1;;-1. The third-order valence-electron chi connectivity index (χ3n) is 0. The van der Waals surface area contributed by atoms with E-state index in [2.05, 4.69) is 7.33 Å². The van der Waals surface area contributed by atoms with Gasteiger partial charge in [0, 0.05) is 33.6 Å². The van der Waals surface area contributed by atoms with Crippen molar-refractivity contribution in [2.45, 2.75) is 0 Å². The summed E-state index contributed by atoms with van der Waals surface area (Å²) >= 11 is 1.87. The Hall–Kier alpha value is 2.13. The summed E-state index contributed by atoms with van der Waals surface area (Å²) in [5.41, 5.74) is 0. The first kappa shape index (κ1) is 16.5.